The van der Waals surface area contributed by atoms with Gasteiger partial charge in [-0.2, -0.15) is 5.26 Å². The molecule has 2 aromatic carbocycles. The Hall–Kier alpha value is -4.07. The predicted octanol–water partition coefficient (Wildman–Crippen LogP) is 4.62. The number of piperazine rings is 1. The third-order valence-corrected chi connectivity index (χ3v) is 9.11. The van der Waals surface area contributed by atoms with Crippen LogP contribution in [0.1, 0.15) is 32.5 Å². The molecule has 8 nitrogen and oxygen atoms in total. The molecule has 0 bridgehead atoms. The number of carbonyl (C=O) groups excluding carboxylic acids is 2. The third kappa shape index (κ3) is 4.80. The van der Waals surface area contributed by atoms with E-state index in [2.05, 4.69) is 17.1 Å². The molecule has 0 saturated carbocycles. The Morgan fingerprint density at radius 1 is 1.18 bits per heavy atom. The van der Waals surface area contributed by atoms with E-state index < -0.39 is 0 Å². The zero-order valence-electron chi connectivity index (χ0n) is 21.2. The van der Waals surface area contributed by atoms with Crippen molar-refractivity contribution in [2.75, 3.05) is 30.9 Å². The van der Waals surface area contributed by atoms with Crippen molar-refractivity contribution in [3.8, 4) is 11.8 Å². The minimum Gasteiger partial charge on any atom is -0.497 e. The van der Waals surface area contributed by atoms with Crippen LogP contribution in [0.3, 0.4) is 0 Å². The number of anilines is 1. The Labute approximate surface area is 234 Å². The summed E-state index contributed by atoms with van der Waals surface area (Å²) in [6, 6.07) is 20.8. The smallest absolute Gasteiger partial charge is 0.272 e. The molecule has 2 amide bonds. The number of hydrogen-bond donors (Lipinski definition) is 0. The highest BCUT2D eigenvalue weighted by atomic mass is 32.2. The quantitative estimate of drug-likeness (QED) is 0.345. The van der Waals surface area contributed by atoms with Gasteiger partial charge >= 0.3 is 0 Å². The minimum atomic E-state index is -0.214. The first-order valence-corrected chi connectivity index (χ1v) is 14.4. The fourth-order valence-corrected chi connectivity index (χ4v) is 7.10. The number of thioether (sulfide) groups is 1. The minimum absolute atomic E-state index is 0.0265. The summed E-state index contributed by atoms with van der Waals surface area (Å²) in [5.41, 5.74) is 2.84. The van der Waals surface area contributed by atoms with E-state index in [4.69, 9.17) is 4.74 Å². The predicted molar refractivity (Wildman–Crippen MR) is 150 cm³/mol. The number of rotatable bonds is 6. The molecule has 0 N–H and O–H groups in total. The largest absolute Gasteiger partial charge is 0.497 e. The number of carbonyl (C=O) groups is 2. The molecular formula is C29H25N5O3S2. The number of thiophene rings is 1. The molecular weight excluding hydrogens is 530 g/mol. The van der Waals surface area contributed by atoms with Gasteiger partial charge in [0.2, 0.25) is 5.91 Å². The van der Waals surface area contributed by atoms with Crippen molar-refractivity contribution in [2.24, 2.45) is 0 Å². The van der Waals surface area contributed by atoms with Gasteiger partial charge < -0.3 is 19.1 Å². The first-order valence-electron chi connectivity index (χ1n) is 12.5. The summed E-state index contributed by atoms with van der Waals surface area (Å²) in [7, 11) is 1.60. The van der Waals surface area contributed by atoms with Gasteiger partial charge in [-0.1, -0.05) is 36.0 Å². The Kier molecular flexibility index (Phi) is 6.85. The summed E-state index contributed by atoms with van der Waals surface area (Å²) in [4.78, 5) is 36.8. The Morgan fingerprint density at radius 2 is 2.03 bits per heavy atom. The molecule has 2 aromatic heterocycles. The fraction of sp³-hybridized carbons (Fsp3) is 0.241. The molecule has 0 spiro atoms. The highest BCUT2D eigenvalue weighted by molar-refractivity contribution is 7.99. The van der Waals surface area contributed by atoms with E-state index in [1.54, 1.807) is 58.3 Å². The number of methoxy groups -OCH3 is 1. The van der Waals surface area contributed by atoms with E-state index in [-0.39, 0.29) is 30.4 Å². The molecule has 196 valence electrons. The Morgan fingerprint density at radius 3 is 2.77 bits per heavy atom. The van der Waals surface area contributed by atoms with Crippen LogP contribution >= 0.6 is 23.1 Å². The summed E-state index contributed by atoms with van der Waals surface area (Å²) in [5.74, 6) is 1.08. The van der Waals surface area contributed by atoms with Crippen LogP contribution in [-0.4, -0.2) is 58.3 Å². The van der Waals surface area contributed by atoms with Crippen molar-refractivity contribution in [3.63, 3.8) is 0 Å². The van der Waals surface area contributed by atoms with E-state index in [1.807, 2.05) is 52.4 Å². The number of hydrogen-bond acceptors (Lipinski definition) is 7. The maximum Gasteiger partial charge on any atom is 0.272 e. The third-order valence-electron chi connectivity index (χ3n) is 7.17. The second kappa shape index (κ2) is 10.6. The van der Waals surface area contributed by atoms with Gasteiger partial charge in [0.05, 0.1) is 37.0 Å². The monoisotopic (exact) mass is 555 g/mol. The van der Waals surface area contributed by atoms with Gasteiger partial charge in [-0.05, 0) is 41.3 Å². The van der Waals surface area contributed by atoms with Crippen LogP contribution in [-0.2, 0) is 11.2 Å². The van der Waals surface area contributed by atoms with Gasteiger partial charge in [-0.15, -0.1) is 11.3 Å². The second-order valence-corrected chi connectivity index (χ2v) is 11.5. The highest BCUT2D eigenvalue weighted by Crippen LogP contribution is 2.38. The van der Waals surface area contributed by atoms with Gasteiger partial charge in [0.15, 0.2) is 5.16 Å². The van der Waals surface area contributed by atoms with Crippen LogP contribution in [0.25, 0.3) is 0 Å². The first kappa shape index (κ1) is 25.2. The summed E-state index contributed by atoms with van der Waals surface area (Å²) in [5, 5.41) is 12.0. The molecule has 4 heterocycles. The molecule has 0 aliphatic carbocycles. The molecule has 1 fully saturated rings. The first-order chi connectivity index (χ1) is 19.1. The zero-order chi connectivity index (χ0) is 26.9. The number of fused-ring (bicyclic) bond motifs is 1. The van der Waals surface area contributed by atoms with Gasteiger partial charge in [-0.3, -0.25) is 9.59 Å². The summed E-state index contributed by atoms with van der Waals surface area (Å²) in [6.07, 6.45) is 2.27. The lowest BCUT2D eigenvalue weighted by atomic mass is 10.0. The van der Waals surface area contributed by atoms with Crippen molar-refractivity contribution in [1.82, 2.24) is 14.5 Å². The molecule has 2 atom stereocenters. The van der Waals surface area contributed by atoms with Crippen molar-refractivity contribution in [3.05, 3.63) is 93.9 Å². The topological polar surface area (TPSA) is 91.5 Å². The lowest BCUT2D eigenvalue weighted by molar-refractivity contribution is -0.121. The van der Waals surface area contributed by atoms with E-state index in [9.17, 15) is 14.9 Å². The maximum absolute atomic E-state index is 14.2. The van der Waals surface area contributed by atoms with Gasteiger partial charge in [0, 0.05) is 35.3 Å². The highest BCUT2D eigenvalue weighted by Gasteiger charge is 2.39. The molecule has 6 rings (SSSR count). The van der Waals surface area contributed by atoms with Crippen molar-refractivity contribution in [1.29, 1.82) is 5.26 Å². The second-order valence-electron chi connectivity index (χ2n) is 9.43. The summed E-state index contributed by atoms with van der Waals surface area (Å²) < 4.78 is 7.36. The van der Waals surface area contributed by atoms with Crippen LogP contribution in [0.4, 0.5) is 5.69 Å². The maximum atomic E-state index is 14.2. The number of benzene rings is 2. The van der Waals surface area contributed by atoms with Crippen molar-refractivity contribution >= 4 is 40.6 Å². The molecule has 4 aromatic rings. The fourth-order valence-electron chi connectivity index (χ4n) is 5.18. The van der Waals surface area contributed by atoms with Gasteiger partial charge in [0.1, 0.15) is 18.0 Å². The zero-order valence-corrected chi connectivity index (χ0v) is 22.8. The average Bonchev–Trinajstić information content (AvgIpc) is 3.72. The van der Waals surface area contributed by atoms with Crippen LogP contribution in [0.15, 0.2) is 77.4 Å². The van der Waals surface area contributed by atoms with Crippen molar-refractivity contribution in [2.45, 2.75) is 23.7 Å². The van der Waals surface area contributed by atoms with Crippen LogP contribution in [0.2, 0.25) is 0 Å². The molecule has 0 unspecified atom stereocenters. The van der Waals surface area contributed by atoms with Crippen LogP contribution < -0.4 is 9.64 Å². The average molecular weight is 556 g/mol. The molecule has 1 saturated heterocycles. The van der Waals surface area contributed by atoms with Crippen molar-refractivity contribution < 1.29 is 14.3 Å². The lowest BCUT2D eigenvalue weighted by Crippen LogP contribution is -2.59. The summed E-state index contributed by atoms with van der Waals surface area (Å²) in [6.45, 7) is 0.353. The number of aromatic nitrogens is 2. The summed E-state index contributed by atoms with van der Waals surface area (Å²) >= 11 is 3.25. The Balaban J connectivity index is 1.32. The molecule has 0 radical (unpaired) electrons. The van der Waals surface area contributed by atoms with E-state index >= 15 is 0 Å². The number of ether oxygens (including phenoxy) is 1. The van der Waals surface area contributed by atoms with Gasteiger partial charge in [0.25, 0.3) is 5.91 Å². The normalized spacial score (nSPS) is 18.6. The number of amides is 2. The molecule has 10 heteroatoms. The van der Waals surface area contributed by atoms with Crippen LogP contribution in [0, 0.1) is 11.3 Å². The molecule has 2 aliphatic heterocycles. The number of imidazole rings is 1. The molecule has 39 heavy (non-hydrogen) atoms. The van der Waals surface area contributed by atoms with E-state index in [0.717, 1.165) is 27.0 Å². The Bertz CT molecular complexity index is 1560. The van der Waals surface area contributed by atoms with Crippen LogP contribution in [0.5, 0.6) is 5.75 Å². The molecule has 2 aliphatic rings. The van der Waals surface area contributed by atoms with E-state index in [1.165, 1.54) is 0 Å². The lowest BCUT2D eigenvalue weighted by Gasteiger charge is -2.41. The number of nitriles is 1. The number of nitrogens with zero attached hydrogens (tertiary/aromatic N) is 5. The van der Waals surface area contributed by atoms with Gasteiger partial charge in [-0.25, -0.2) is 4.98 Å². The standard InChI is InChI=1S/C29H25N5O3S2/c1-37-23-5-2-4-21(12-23)32-16-22(13-24-6-3-11-38-24)33(17-27(32)35)28(36)25-15-31-29-34(25)26(18-39-29)20-9-7-19(14-30)8-10-20/h2-12,15,22,26H,13,16-18H2,1H3/t22-,26+/m0/s1. The SMILES string of the molecule is COc1cccc(N2C[C@H](Cc3cccs3)N(C(=O)c3cnc4n3[C@@H](c3ccc(C#N)cc3)CS4)CC2=O)c1. The van der Waals surface area contributed by atoms with E-state index in [0.29, 0.717) is 30.0 Å².